The van der Waals surface area contributed by atoms with Crippen LogP contribution in [0.15, 0.2) is 65.0 Å². The molecule has 2 aromatic carbocycles. The average Bonchev–Trinajstić information content (AvgIpc) is 2.82. The number of halogens is 3. The molecule has 0 bridgehead atoms. The third-order valence-corrected chi connectivity index (χ3v) is 6.21. The van der Waals surface area contributed by atoms with Crippen molar-refractivity contribution in [1.82, 2.24) is 5.32 Å². The highest BCUT2D eigenvalue weighted by Crippen LogP contribution is 2.44. The highest BCUT2D eigenvalue weighted by atomic mass is 19.4. The number of carbonyl (C=O) groups excluding carboxylic acids is 2. The molecule has 184 valence electrons. The quantitative estimate of drug-likeness (QED) is 0.598. The summed E-state index contributed by atoms with van der Waals surface area (Å²) in [6.07, 6.45) is -2.84. The maximum Gasteiger partial charge on any atom is 0.416 e. The van der Waals surface area contributed by atoms with Crippen molar-refractivity contribution in [3.8, 4) is 11.5 Å². The Balaban J connectivity index is 1.79. The van der Waals surface area contributed by atoms with Gasteiger partial charge in [-0.25, -0.2) is 0 Å². The first-order chi connectivity index (χ1) is 16.6. The minimum absolute atomic E-state index is 0.00549. The number of hydrogen-bond donors (Lipinski definition) is 2. The van der Waals surface area contributed by atoms with Crippen molar-refractivity contribution in [2.75, 3.05) is 19.5 Å². The molecule has 1 amide bonds. The number of nitrogens with one attached hydrogen (secondary N) is 2. The van der Waals surface area contributed by atoms with E-state index in [4.69, 9.17) is 9.47 Å². The molecular formula is C26H25F3N2O4. The van der Waals surface area contributed by atoms with Crippen LogP contribution in [0.5, 0.6) is 11.5 Å². The second-order valence-corrected chi connectivity index (χ2v) is 8.41. The SMILES string of the molecule is COc1ccc([C@H]2C(C(=O)Nc3cccc(C(F)(F)F)c3)=C(C)NC3=C2C(=O)CCC3)cc1OC. The van der Waals surface area contributed by atoms with Gasteiger partial charge in [0.2, 0.25) is 0 Å². The Labute approximate surface area is 200 Å². The lowest BCUT2D eigenvalue weighted by Crippen LogP contribution is -2.35. The van der Waals surface area contributed by atoms with Crippen LogP contribution in [0.4, 0.5) is 18.9 Å². The van der Waals surface area contributed by atoms with Crippen molar-refractivity contribution in [3.05, 3.63) is 76.1 Å². The predicted molar refractivity (Wildman–Crippen MR) is 124 cm³/mol. The number of rotatable bonds is 5. The number of benzene rings is 2. The van der Waals surface area contributed by atoms with Crippen LogP contribution < -0.4 is 20.1 Å². The second kappa shape index (κ2) is 9.48. The van der Waals surface area contributed by atoms with Gasteiger partial charge in [-0.05, 0) is 55.7 Å². The molecule has 4 rings (SSSR count). The van der Waals surface area contributed by atoms with Crippen LogP contribution in [-0.4, -0.2) is 25.9 Å². The molecule has 0 saturated carbocycles. The van der Waals surface area contributed by atoms with Gasteiger partial charge >= 0.3 is 6.18 Å². The standard InChI is InChI=1S/C26H25F3N2O4/c1-14-22(25(33)31-17-7-4-6-16(13-17)26(27,28)29)23(24-18(30-14)8-5-9-19(24)32)15-10-11-20(34-2)21(12-15)35-3/h4,6-7,10-13,23,30H,5,8-9H2,1-3H3,(H,31,33)/t23-/m0/s1. The number of hydrogen-bond acceptors (Lipinski definition) is 5. The summed E-state index contributed by atoms with van der Waals surface area (Å²) in [7, 11) is 2.99. The van der Waals surface area contributed by atoms with E-state index in [2.05, 4.69) is 10.6 Å². The maximum absolute atomic E-state index is 13.5. The molecule has 6 nitrogen and oxygen atoms in total. The number of amides is 1. The molecule has 0 saturated heterocycles. The van der Waals surface area contributed by atoms with Gasteiger partial charge in [-0.3, -0.25) is 9.59 Å². The maximum atomic E-state index is 13.5. The lowest BCUT2D eigenvalue weighted by Gasteiger charge is -2.34. The van der Waals surface area contributed by atoms with Crippen LogP contribution in [0, 0.1) is 0 Å². The molecule has 2 aliphatic rings. The first-order valence-corrected chi connectivity index (χ1v) is 11.1. The van der Waals surface area contributed by atoms with E-state index in [-0.39, 0.29) is 17.0 Å². The normalized spacial score (nSPS) is 18.1. The summed E-state index contributed by atoms with van der Waals surface area (Å²) in [4.78, 5) is 26.5. The van der Waals surface area contributed by atoms with Crippen LogP contribution >= 0.6 is 0 Å². The molecule has 1 aliphatic heterocycles. The summed E-state index contributed by atoms with van der Waals surface area (Å²) in [5.74, 6) is -0.464. The monoisotopic (exact) mass is 486 g/mol. The Bertz CT molecular complexity index is 1250. The fraction of sp³-hybridized carbons (Fsp3) is 0.308. The third kappa shape index (κ3) is 4.76. The van der Waals surface area contributed by atoms with E-state index in [1.165, 1.54) is 26.4 Å². The molecule has 9 heteroatoms. The van der Waals surface area contributed by atoms with Crippen LogP contribution in [-0.2, 0) is 15.8 Å². The number of Topliss-reactive ketones (excluding diaryl/α,β-unsaturated/α-hetero) is 1. The Hall–Kier alpha value is -3.75. The smallest absolute Gasteiger partial charge is 0.416 e. The Kier molecular flexibility index (Phi) is 6.60. The van der Waals surface area contributed by atoms with Gasteiger partial charge in [0, 0.05) is 40.6 Å². The number of carbonyl (C=O) groups is 2. The van der Waals surface area contributed by atoms with Crippen molar-refractivity contribution in [2.45, 2.75) is 38.3 Å². The summed E-state index contributed by atoms with van der Waals surface area (Å²) in [5.41, 5.74) is 1.81. The number of ether oxygens (including phenoxy) is 2. The van der Waals surface area contributed by atoms with Gasteiger partial charge in [-0.1, -0.05) is 12.1 Å². The number of methoxy groups -OCH3 is 2. The molecule has 1 atom stereocenters. The molecule has 1 aliphatic carbocycles. The largest absolute Gasteiger partial charge is 0.493 e. The highest BCUT2D eigenvalue weighted by Gasteiger charge is 2.39. The molecule has 0 aromatic heterocycles. The minimum atomic E-state index is -4.54. The molecule has 1 heterocycles. The van der Waals surface area contributed by atoms with E-state index < -0.39 is 23.6 Å². The number of dihydropyridines is 1. The van der Waals surface area contributed by atoms with E-state index in [9.17, 15) is 22.8 Å². The Morgan fingerprint density at radius 2 is 1.80 bits per heavy atom. The first kappa shape index (κ1) is 24.4. The lowest BCUT2D eigenvalue weighted by atomic mass is 9.75. The van der Waals surface area contributed by atoms with Gasteiger partial charge in [0.1, 0.15) is 0 Å². The van der Waals surface area contributed by atoms with Gasteiger partial charge in [0.05, 0.1) is 19.8 Å². The van der Waals surface area contributed by atoms with Crippen molar-refractivity contribution >= 4 is 17.4 Å². The molecule has 35 heavy (non-hydrogen) atoms. The fourth-order valence-electron chi connectivity index (χ4n) is 4.62. The van der Waals surface area contributed by atoms with Crippen LogP contribution in [0.3, 0.4) is 0 Å². The van der Waals surface area contributed by atoms with E-state index in [1.54, 1.807) is 25.1 Å². The zero-order valence-electron chi connectivity index (χ0n) is 19.5. The fourth-order valence-corrected chi connectivity index (χ4v) is 4.62. The molecule has 0 spiro atoms. The van der Waals surface area contributed by atoms with E-state index in [1.807, 2.05) is 0 Å². The Morgan fingerprint density at radius 3 is 2.49 bits per heavy atom. The first-order valence-electron chi connectivity index (χ1n) is 11.1. The topological polar surface area (TPSA) is 76.7 Å². The molecule has 0 unspecified atom stereocenters. The zero-order valence-corrected chi connectivity index (χ0v) is 19.5. The summed E-state index contributed by atoms with van der Waals surface area (Å²) in [5, 5.41) is 5.78. The van der Waals surface area contributed by atoms with Gasteiger partial charge in [0.15, 0.2) is 17.3 Å². The van der Waals surface area contributed by atoms with E-state index in [0.717, 1.165) is 17.8 Å². The summed E-state index contributed by atoms with van der Waals surface area (Å²) in [6, 6.07) is 9.61. The van der Waals surface area contributed by atoms with Crippen molar-refractivity contribution in [1.29, 1.82) is 0 Å². The van der Waals surface area contributed by atoms with Gasteiger partial charge in [-0.2, -0.15) is 13.2 Å². The number of allylic oxidation sites excluding steroid dienone is 3. The summed E-state index contributed by atoms with van der Waals surface area (Å²) in [6.45, 7) is 1.72. The van der Waals surface area contributed by atoms with Gasteiger partial charge in [-0.15, -0.1) is 0 Å². The molecule has 2 N–H and O–H groups in total. The van der Waals surface area contributed by atoms with Crippen LogP contribution in [0.2, 0.25) is 0 Å². The van der Waals surface area contributed by atoms with Crippen molar-refractivity contribution in [2.24, 2.45) is 0 Å². The minimum Gasteiger partial charge on any atom is -0.493 e. The van der Waals surface area contributed by atoms with Crippen molar-refractivity contribution in [3.63, 3.8) is 0 Å². The molecule has 0 fully saturated rings. The highest BCUT2D eigenvalue weighted by molar-refractivity contribution is 6.09. The third-order valence-electron chi connectivity index (χ3n) is 6.21. The summed E-state index contributed by atoms with van der Waals surface area (Å²) < 4.78 is 50.3. The molecule has 2 aromatic rings. The van der Waals surface area contributed by atoms with Gasteiger partial charge in [0.25, 0.3) is 5.91 Å². The van der Waals surface area contributed by atoms with E-state index in [0.29, 0.717) is 47.6 Å². The Morgan fingerprint density at radius 1 is 1.06 bits per heavy atom. The summed E-state index contributed by atoms with van der Waals surface area (Å²) >= 11 is 0. The van der Waals surface area contributed by atoms with Crippen LogP contribution in [0.1, 0.15) is 43.2 Å². The predicted octanol–water partition coefficient (Wildman–Crippen LogP) is 5.33. The van der Waals surface area contributed by atoms with Gasteiger partial charge < -0.3 is 20.1 Å². The molecule has 0 radical (unpaired) electrons. The number of alkyl halides is 3. The number of ketones is 1. The second-order valence-electron chi connectivity index (χ2n) is 8.41. The van der Waals surface area contributed by atoms with Crippen molar-refractivity contribution < 1.29 is 32.2 Å². The average molecular weight is 486 g/mol. The zero-order chi connectivity index (χ0) is 25.3. The molecular weight excluding hydrogens is 461 g/mol. The lowest BCUT2D eigenvalue weighted by molar-refractivity contribution is -0.137. The van der Waals surface area contributed by atoms with E-state index >= 15 is 0 Å². The number of anilines is 1. The van der Waals surface area contributed by atoms with Crippen LogP contribution in [0.25, 0.3) is 0 Å².